The number of benzene rings is 1. The van der Waals surface area contributed by atoms with Crippen LogP contribution >= 0.6 is 0 Å². The summed E-state index contributed by atoms with van der Waals surface area (Å²) in [6.45, 7) is 4.21. The predicted octanol–water partition coefficient (Wildman–Crippen LogP) is 1.30. The molecule has 0 fully saturated rings. The molecule has 0 saturated carbocycles. The smallest absolute Gasteiger partial charge is 0.142 e. The molecule has 0 unspecified atom stereocenters. The van der Waals surface area contributed by atoms with Gasteiger partial charge in [0.1, 0.15) is 0 Å². The van der Waals surface area contributed by atoms with Gasteiger partial charge in [-0.2, -0.15) is 0 Å². The van der Waals surface area contributed by atoms with Gasteiger partial charge in [0.2, 0.25) is 0 Å². The monoisotopic (exact) mass is 186 g/mol. The van der Waals surface area contributed by atoms with E-state index < -0.39 is 10.6 Å². The lowest BCUT2D eigenvalue weighted by atomic mass is 10.2. The number of hydrogen-bond donors (Lipinski definition) is 0. The van der Waals surface area contributed by atoms with Crippen LogP contribution in [0.4, 0.5) is 0 Å². The van der Waals surface area contributed by atoms with Gasteiger partial charge in [-0.25, -0.2) is 0 Å². The Kier molecular flexibility index (Phi) is 4.96. The third-order valence-electron chi connectivity index (χ3n) is 1.17. The quantitative estimate of drug-likeness (QED) is 0.613. The molecule has 0 atom stereocenters. The fourth-order valence-electron chi connectivity index (χ4n) is 0.807. The predicted molar refractivity (Wildman–Crippen MR) is 45.6 cm³/mol. The van der Waals surface area contributed by atoms with E-state index in [-0.39, 0.29) is 0 Å². The molecule has 66 valence electrons. The van der Waals surface area contributed by atoms with E-state index in [1.165, 1.54) is 11.1 Å². The number of rotatable bonds is 0. The molecule has 0 saturated heterocycles. The summed E-state index contributed by atoms with van der Waals surface area (Å²) < 4.78 is 25.3. The summed E-state index contributed by atoms with van der Waals surface area (Å²) >= 11 is 0. The lowest BCUT2D eigenvalue weighted by Crippen LogP contribution is -1.71. The average molecular weight is 186 g/mol. The molecule has 1 aromatic rings. The van der Waals surface area contributed by atoms with Gasteiger partial charge < -0.3 is 0 Å². The number of hydrogen-bond acceptors (Lipinski definition) is 3. The maximum atomic E-state index is 8.44. The van der Waals surface area contributed by atoms with Gasteiger partial charge in [-0.3, -0.25) is 0 Å². The molecule has 0 aliphatic rings. The second-order valence-corrected chi connectivity index (χ2v) is 2.77. The molecule has 0 amide bonds. The van der Waals surface area contributed by atoms with Crippen LogP contribution in [-0.2, 0) is 10.6 Å². The molecular formula is C8H10O3S. The van der Waals surface area contributed by atoms with Gasteiger partial charge in [0.15, 0.2) is 0 Å². The number of aryl methyl sites for hydroxylation is 2. The molecular weight excluding hydrogens is 176 g/mol. The van der Waals surface area contributed by atoms with Crippen molar-refractivity contribution in [1.82, 2.24) is 0 Å². The van der Waals surface area contributed by atoms with Crippen molar-refractivity contribution >= 4 is 10.6 Å². The van der Waals surface area contributed by atoms with Crippen molar-refractivity contribution in [2.24, 2.45) is 0 Å². The highest BCUT2D eigenvalue weighted by molar-refractivity contribution is 7.59. The van der Waals surface area contributed by atoms with E-state index >= 15 is 0 Å². The molecule has 0 aromatic heterocycles. The summed E-state index contributed by atoms with van der Waals surface area (Å²) in [5, 5.41) is 0. The van der Waals surface area contributed by atoms with Gasteiger partial charge in [-0.05, 0) is 13.8 Å². The summed E-state index contributed by atoms with van der Waals surface area (Å²) in [5.74, 6) is 0. The van der Waals surface area contributed by atoms with Crippen molar-refractivity contribution < 1.29 is 12.6 Å². The van der Waals surface area contributed by atoms with E-state index in [1.54, 1.807) is 0 Å². The van der Waals surface area contributed by atoms with Crippen LogP contribution in [0.5, 0.6) is 0 Å². The largest absolute Gasteiger partial charge is 0.425 e. The highest BCUT2D eigenvalue weighted by Crippen LogP contribution is 2.00. The minimum atomic E-state index is -3.11. The average Bonchev–Trinajstić information content (AvgIpc) is 1.84. The fraction of sp³-hybridized carbons (Fsp3) is 0.250. The molecule has 12 heavy (non-hydrogen) atoms. The van der Waals surface area contributed by atoms with Gasteiger partial charge in [-0.15, -0.1) is 12.6 Å². The minimum Gasteiger partial charge on any atom is -0.142 e. The first-order valence-corrected chi connectivity index (χ1v) is 4.32. The molecule has 0 spiro atoms. The van der Waals surface area contributed by atoms with Crippen molar-refractivity contribution in [3.05, 3.63) is 35.4 Å². The molecule has 0 aliphatic heterocycles. The van der Waals surface area contributed by atoms with Crippen molar-refractivity contribution in [2.75, 3.05) is 0 Å². The van der Waals surface area contributed by atoms with E-state index in [1.807, 2.05) is 0 Å². The van der Waals surface area contributed by atoms with Gasteiger partial charge in [0.05, 0.1) is 0 Å². The first kappa shape index (κ1) is 10.8. The molecule has 0 N–H and O–H groups in total. The summed E-state index contributed by atoms with van der Waals surface area (Å²) in [7, 11) is -3.11. The fourth-order valence-corrected chi connectivity index (χ4v) is 0.807. The topological polar surface area (TPSA) is 51.2 Å². The van der Waals surface area contributed by atoms with Crippen LogP contribution in [-0.4, -0.2) is 12.6 Å². The van der Waals surface area contributed by atoms with E-state index in [9.17, 15) is 0 Å². The van der Waals surface area contributed by atoms with Crippen LogP contribution in [0, 0.1) is 13.8 Å². The SMILES string of the molecule is Cc1cccc(C)c1.O=S(=O)=O. The Hall–Kier alpha value is -1.16. The molecule has 0 heterocycles. The van der Waals surface area contributed by atoms with Gasteiger partial charge in [-0.1, -0.05) is 35.4 Å². The Morgan fingerprint density at radius 3 is 1.50 bits per heavy atom. The lowest BCUT2D eigenvalue weighted by molar-refractivity contribution is 0.559. The molecule has 1 aromatic carbocycles. The van der Waals surface area contributed by atoms with Crippen molar-refractivity contribution in [1.29, 1.82) is 0 Å². The van der Waals surface area contributed by atoms with E-state index in [4.69, 9.17) is 12.6 Å². The third kappa shape index (κ3) is 6.95. The second kappa shape index (κ2) is 5.49. The van der Waals surface area contributed by atoms with Crippen LogP contribution in [0.3, 0.4) is 0 Å². The van der Waals surface area contributed by atoms with E-state index in [0.717, 1.165) is 0 Å². The molecule has 0 radical (unpaired) electrons. The van der Waals surface area contributed by atoms with Crippen LogP contribution < -0.4 is 0 Å². The normalized spacial score (nSPS) is 8.17. The Morgan fingerprint density at radius 1 is 1.00 bits per heavy atom. The molecule has 0 bridgehead atoms. The molecule has 3 nitrogen and oxygen atoms in total. The lowest BCUT2D eigenvalue weighted by Gasteiger charge is -1.90. The van der Waals surface area contributed by atoms with Crippen LogP contribution in [0.2, 0.25) is 0 Å². The molecule has 1 rings (SSSR count). The van der Waals surface area contributed by atoms with Crippen molar-refractivity contribution in [3.63, 3.8) is 0 Å². The van der Waals surface area contributed by atoms with E-state index in [0.29, 0.717) is 0 Å². The third-order valence-corrected chi connectivity index (χ3v) is 1.17. The highest BCUT2D eigenvalue weighted by Gasteiger charge is 1.80. The van der Waals surface area contributed by atoms with Crippen LogP contribution in [0.15, 0.2) is 24.3 Å². The zero-order valence-corrected chi connectivity index (χ0v) is 7.76. The van der Waals surface area contributed by atoms with Crippen LogP contribution in [0.25, 0.3) is 0 Å². The van der Waals surface area contributed by atoms with Crippen LogP contribution in [0.1, 0.15) is 11.1 Å². The zero-order chi connectivity index (χ0) is 9.56. The molecule has 0 aliphatic carbocycles. The van der Waals surface area contributed by atoms with Crippen molar-refractivity contribution in [3.8, 4) is 0 Å². The first-order chi connectivity index (χ1) is 5.52. The summed E-state index contributed by atoms with van der Waals surface area (Å²) in [4.78, 5) is 0. The van der Waals surface area contributed by atoms with Gasteiger partial charge in [0, 0.05) is 0 Å². The Bertz CT molecular complexity index is 315. The minimum absolute atomic E-state index is 1.34. The highest BCUT2D eigenvalue weighted by atomic mass is 32.2. The Labute approximate surface area is 73.1 Å². The Balaban J connectivity index is 0.000000261. The maximum Gasteiger partial charge on any atom is 0.425 e. The summed E-state index contributed by atoms with van der Waals surface area (Å²) in [6, 6.07) is 8.45. The summed E-state index contributed by atoms with van der Waals surface area (Å²) in [6.07, 6.45) is 0. The standard InChI is InChI=1S/C8H10.O3S/c1-7-4-3-5-8(2)6-7;1-4(2)3/h3-6H,1-2H3;. The van der Waals surface area contributed by atoms with Crippen molar-refractivity contribution in [2.45, 2.75) is 13.8 Å². The first-order valence-electron chi connectivity index (χ1n) is 3.32. The van der Waals surface area contributed by atoms with Gasteiger partial charge >= 0.3 is 10.6 Å². The Morgan fingerprint density at radius 2 is 1.33 bits per heavy atom. The van der Waals surface area contributed by atoms with Gasteiger partial charge in [0.25, 0.3) is 0 Å². The maximum absolute atomic E-state index is 8.44. The van der Waals surface area contributed by atoms with E-state index in [2.05, 4.69) is 38.1 Å². The summed E-state index contributed by atoms with van der Waals surface area (Å²) in [5.41, 5.74) is 2.68. The second-order valence-electron chi connectivity index (χ2n) is 2.36. The molecule has 4 heteroatoms. The zero-order valence-electron chi connectivity index (χ0n) is 6.94.